The second-order valence-electron chi connectivity index (χ2n) is 9.42. The summed E-state index contributed by atoms with van der Waals surface area (Å²) in [6, 6.07) is 16.7. The van der Waals surface area contributed by atoms with E-state index in [4.69, 9.17) is 14.2 Å². The topological polar surface area (TPSA) is 102 Å². The predicted molar refractivity (Wildman–Crippen MR) is 132 cm³/mol. The van der Waals surface area contributed by atoms with Crippen LogP contribution in [0.2, 0.25) is 0 Å². The Hall–Kier alpha value is -3.72. The molecular weight excluding hydrogens is 464 g/mol. The Morgan fingerprint density at radius 2 is 1.50 bits per heavy atom. The summed E-state index contributed by atoms with van der Waals surface area (Å²) in [6.45, 7) is 5.79. The van der Waals surface area contributed by atoms with Gasteiger partial charge in [-0.25, -0.2) is 14.4 Å². The number of hydrogen-bond donors (Lipinski definition) is 0. The minimum Gasteiger partial charge on any atom is -0.458 e. The van der Waals surface area contributed by atoms with E-state index >= 15 is 0 Å². The summed E-state index contributed by atoms with van der Waals surface area (Å²) >= 11 is 0. The van der Waals surface area contributed by atoms with Crippen LogP contribution in [0.5, 0.6) is 0 Å². The highest BCUT2D eigenvalue weighted by Gasteiger charge is 2.29. The molecule has 0 spiro atoms. The summed E-state index contributed by atoms with van der Waals surface area (Å²) < 4.78 is 16.0. The van der Waals surface area contributed by atoms with Gasteiger partial charge in [0.2, 0.25) is 5.91 Å². The average molecular weight is 497 g/mol. The van der Waals surface area contributed by atoms with Crippen LogP contribution in [0.25, 0.3) is 0 Å². The molecule has 0 aliphatic carbocycles. The number of rotatable bonds is 7. The Bertz CT molecular complexity index is 1040. The first-order chi connectivity index (χ1) is 17.1. The largest absolute Gasteiger partial charge is 0.458 e. The lowest BCUT2D eigenvalue weighted by Crippen LogP contribution is -2.47. The molecule has 9 heteroatoms. The van der Waals surface area contributed by atoms with Crippen LogP contribution < -0.4 is 4.90 Å². The lowest BCUT2D eigenvalue weighted by Gasteiger charge is -2.33. The van der Waals surface area contributed by atoms with E-state index in [2.05, 4.69) is 0 Å². The minimum atomic E-state index is -0.931. The number of esters is 2. The van der Waals surface area contributed by atoms with E-state index in [0.29, 0.717) is 31.6 Å². The number of anilines is 1. The highest BCUT2D eigenvalue weighted by molar-refractivity contribution is 6.03. The van der Waals surface area contributed by atoms with E-state index < -0.39 is 23.6 Å². The van der Waals surface area contributed by atoms with Crippen LogP contribution in [0.1, 0.15) is 44.0 Å². The number of amides is 2. The summed E-state index contributed by atoms with van der Waals surface area (Å²) in [6.07, 6.45) is 0.00686. The molecule has 0 N–H and O–H groups in total. The van der Waals surface area contributed by atoms with Crippen molar-refractivity contribution >= 4 is 29.6 Å². The first-order valence-corrected chi connectivity index (χ1v) is 11.9. The molecule has 1 heterocycles. The molecule has 9 nitrogen and oxygen atoms in total. The summed E-state index contributed by atoms with van der Waals surface area (Å²) in [5.41, 5.74) is 0.0965. The Kier molecular flexibility index (Phi) is 9.19. The van der Waals surface area contributed by atoms with Gasteiger partial charge in [-0.2, -0.15) is 0 Å². The zero-order valence-corrected chi connectivity index (χ0v) is 20.8. The molecule has 36 heavy (non-hydrogen) atoms. The number of para-hydroxylation sites is 1. The number of ether oxygens (including phenoxy) is 3. The smallest absolute Gasteiger partial charge is 0.422 e. The van der Waals surface area contributed by atoms with Crippen LogP contribution >= 0.6 is 0 Å². The quantitative estimate of drug-likeness (QED) is 0.424. The SMILES string of the molecule is CC(C)(C)OC(=O)COC1CCN(C(=O)CN(C(=O)OC(=O)c2ccccc2)c2ccccc2)CC1. The van der Waals surface area contributed by atoms with Gasteiger partial charge in [0.25, 0.3) is 0 Å². The third-order valence-corrected chi connectivity index (χ3v) is 5.42. The molecule has 2 aromatic rings. The van der Waals surface area contributed by atoms with Gasteiger partial charge in [-0.15, -0.1) is 0 Å². The van der Waals surface area contributed by atoms with E-state index in [9.17, 15) is 19.2 Å². The second kappa shape index (κ2) is 12.3. The monoisotopic (exact) mass is 496 g/mol. The van der Waals surface area contributed by atoms with E-state index in [0.717, 1.165) is 4.90 Å². The van der Waals surface area contributed by atoms with Crippen molar-refractivity contribution in [3.05, 3.63) is 66.2 Å². The molecule has 1 aliphatic heterocycles. The van der Waals surface area contributed by atoms with Gasteiger partial charge in [-0.3, -0.25) is 9.69 Å². The third kappa shape index (κ3) is 8.20. The van der Waals surface area contributed by atoms with Crippen LogP contribution in [0, 0.1) is 0 Å². The van der Waals surface area contributed by atoms with Crippen molar-refractivity contribution in [1.82, 2.24) is 4.90 Å². The van der Waals surface area contributed by atoms with Crippen LogP contribution in [0.15, 0.2) is 60.7 Å². The molecule has 0 saturated carbocycles. The second-order valence-corrected chi connectivity index (χ2v) is 9.42. The van der Waals surface area contributed by atoms with Gasteiger partial charge in [0.05, 0.1) is 11.7 Å². The molecule has 0 radical (unpaired) electrons. The molecule has 192 valence electrons. The number of benzene rings is 2. The van der Waals surface area contributed by atoms with Crippen LogP contribution in [-0.2, 0) is 23.8 Å². The van der Waals surface area contributed by atoms with Gasteiger partial charge in [0.15, 0.2) is 0 Å². The van der Waals surface area contributed by atoms with Crippen LogP contribution in [0.3, 0.4) is 0 Å². The number of hydrogen-bond acceptors (Lipinski definition) is 7. The van der Waals surface area contributed by atoms with Gasteiger partial charge in [-0.1, -0.05) is 36.4 Å². The number of carbonyl (C=O) groups excluding carboxylic acids is 4. The van der Waals surface area contributed by atoms with Gasteiger partial charge in [0.1, 0.15) is 18.8 Å². The van der Waals surface area contributed by atoms with Crippen molar-refractivity contribution in [2.45, 2.75) is 45.3 Å². The Morgan fingerprint density at radius 3 is 2.08 bits per heavy atom. The lowest BCUT2D eigenvalue weighted by atomic mass is 10.1. The molecule has 1 saturated heterocycles. The lowest BCUT2D eigenvalue weighted by molar-refractivity contribution is -0.163. The Morgan fingerprint density at radius 1 is 0.917 bits per heavy atom. The fraction of sp³-hybridized carbons (Fsp3) is 0.407. The molecule has 0 atom stereocenters. The predicted octanol–water partition coefficient (Wildman–Crippen LogP) is 3.82. The van der Waals surface area contributed by atoms with Crippen molar-refractivity contribution in [3.63, 3.8) is 0 Å². The van der Waals surface area contributed by atoms with E-state index in [1.807, 2.05) is 0 Å². The fourth-order valence-electron chi connectivity index (χ4n) is 3.70. The van der Waals surface area contributed by atoms with Crippen LogP contribution in [0.4, 0.5) is 10.5 Å². The normalized spacial score (nSPS) is 14.1. The van der Waals surface area contributed by atoms with Gasteiger partial charge < -0.3 is 19.1 Å². The van der Waals surface area contributed by atoms with Gasteiger partial charge >= 0.3 is 18.0 Å². The molecule has 2 amide bonds. The Balaban J connectivity index is 1.56. The maximum Gasteiger partial charge on any atom is 0.422 e. The standard InChI is InChI=1S/C27H32N2O7/c1-27(2,3)36-24(31)19-34-22-14-16-28(17-15-22)23(30)18-29(21-12-8-5-9-13-21)26(33)35-25(32)20-10-6-4-7-11-20/h4-13,22H,14-19H2,1-3H3. The molecule has 0 unspecified atom stereocenters. The summed E-state index contributed by atoms with van der Waals surface area (Å²) in [5.74, 6) is -1.51. The molecule has 1 fully saturated rings. The summed E-state index contributed by atoms with van der Waals surface area (Å²) in [5, 5.41) is 0. The molecule has 0 bridgehead atoms. The molecule has 0 aromatic heterocycles. The summed E-state index contributed by atoms with van der Waals surface area (Å²) in [7, 11) is 0. The zero-order chi connectivity index (χ0) is 26.1. The highest BCUT2D eigenvalue weighted by Crippen LogP contribution is 2.19. The van der Waals surface area contributed by atoms with Crippen molar-refractivity contribution in [2.75, 3.05) is 31.1 Å². The summed E-state index contributed by atoms with van der Waals surface area (Å²) in [4.78, 5) is 53.0. The molecule has 2 aromatic carbocycles. The number of likely N-dealkylation sites (tertiary alicyclic amines) is 1. The van der Waals surface area contributed by atoms with Crippen molar-refractivity contribution in [3.8, 4) is 0 Å². The zero-order valence-electron chi connectivity index (χ0n) is 20.8. The van der Waals surface area contributed by atoms with Crippen molar-refractivity contribution in [2.24, 2.45) is 0 Å². The van der Waals surface area contributed by atoms with Crippen LogP contribution in [-0.4, -0.2) is 66.8 Å². The highest BCUT2D eigenvalue weighted by atomic mass is 16.6. The number of nitrogens with zero attached hydrogens (tertiary/aromatic N) is 2. The van der Waals surface area contributed by atoms with Crippen molar-refractivity contribution < 1.29 is 33.4 Å². The first kappa shape index (κ1) is 26.9. The minimum absolute atomic E-state index is 0.140. The van der Waals surface area contributed by atoms with Gasteiger partial charge in [0, 0.05) is 18.8 Å². The Labute approximate surface area is 210 Å². The maximum atomic E-state index is 13.0. The first-order valence-electron chi connectivity index (χ1n) is 11.9. The number of carbonyl (C=O) groups is 4. The van der Waals surface area contributed by atoms with E-state index in [-0.39, 0.29) is 30.7 Å². The van der Waals surface area contributed by atoms with E-state index in [1.165, 1.54) is 0 Å². The van der Waals surface area contributed by atoms with Crippen molar-refractivity contribution in [1.29, 1.82) is 0 Å². The fourth-order valence-corrected chi connectivity index (χ4v) is 3.70. The average Bonchev–Trinajstić information content (AvgIpc) is 2.86. The van der Waals surface area contributed by atoms with E-state index in [1.54, 1.807) is 86.3 Å². The number of piperidine rings is 1. The maximum absolute atomic E-state index is 13.0. The third-order valence-electron chi connectivity index (χ3n) is 5.42. The molecular formula is C27H32N2O7. The molecule has 3 rings (SSSR count). The van der Waals surface area contributed by atoms with Gasteiger partial charge in [-0.05, 0) is 57.9 Å². The molecule has 1 aliphatic rings.